The summed E-state index contributed by atoms with van der Waals surface area (Å²) < 4.78 is 0. The second-order valence-electron chi connectivity index (χ2n) is 6.34. The second kappa shape index (κ2) is 9.26. The minimum absolute atomic E-state index is 0. The van der Waals surface area contributed by atoms with E-state index in [0.29, 0.717) is 12.5 Å². The normalized spacial score (nSPS) is 21.4. The molecule has 0 saturated carbocycles. The van der Waals surface area contributed by atoms with E-state index in [9.17, 15) is 9.59 Å². The van der Waals surface area contributed by atoms with Crippen LogP contribution < -0.4 is 11.1 Å². The summed E-state index contributed by atoms with van der Waals surface area (Å²) in [6.45, 7) is 9.73. The molecule has 6 heteroatoms. The molecule has 3 N–H and O–H groups in total. The van der Waals surface area contributed by atoms with E-state index >= 15 is 0 Å². The second-order valence-corrected chi connectivity index (χ2v) is 6.34. The number of carbonyl (C=O) groups is 2. The zero-order chi connectivity index (χ0) is 15.3. The van der Waals surface area contributed by atoms with Crippen LogP contribution in [0.5, 0.6) is 0 Å². The van der Waals surface area contributed by atoms with Crippen LogP contribution in [0.1, 0.15) is 40.5 Å². The predicted octanol–water partition coefficient (Wildman–Crippen LogP) is 1.40. The average Bonchev–Trinajstić information content (AvgIpc) is 2.43. The van der Waals surface area contributed by atoms with Gasteiger partial charge in [0, 0.05) is 31.6 Å². The van der Waals surface area contributed by atoms with Gasteiger partial charge in [-0.15, -0.1) is 12.4 Å². The minimum Gasteiger partial charge on any atom is -0.356 e. The number of rotatable bonds is 5. The summed E-state index contributed by atoms with van der Waals surface area (Å²) in [4.78, 5) is 25.8. The molecule has 1 saturated heterocycles. The molecule has 3 unspecified atom stereocenters. The van der Waals surface area contributed by atoms with Gasteiger partial charge in [0.15, 0.2) is 0 Å². The number of nitrogens with two attached hydrogens (primary N) is 1. The maximum Gasteiger partial charge on any atom is 0.226 e. The molecular formula is C15H30ClN3O2. The quantitative estimate of drug-likeness (QED) is 0.804. The molecule has 0 aromatic rings. The third-order valence-corrected chi connectivity index (χ3v) is 4.10. The molecular weight excluding hydrogens is 290 g/mol. The highest BCUT2D eigenvalue weighted by atomic mass is 35.5. The summed E-state index contributed by atoms with van der Waals surface area (Å²) >= 11 is 0. The van der Waals surface area contributed by atoms with Gasteiger partial charge in [-0.2, -0.15) is 0 Å². The molecule has 0 spiro atoms. The van der Waals surface area contributed by atoms with Crippen LogP contribution in [0.2, 0.25) is 0 Å². The van der Waals surface area contributed by atoms with Crippen molar-refractivity contribution in [3.05, 3.63) is 0 Å². The molecule has 21 heavy (non-hydrogen) atoms. The number of hydrogen-bond acceptors (Lipinski definition) is 3. The maximum atomic E-state index is 12.3. The molecule has 1 aliphatic heterocycles. The van der Waals surface area contributed by atoms with Crippen molar-refractivity contribution in [3.63, 3.8) is 0 Å². The van der Waals surface area contributed by atoms with E-state index in [-0.39, 0.29) is 42.1 Å². The number of nitrogens with one attached hydrogen (secondary N) is 1. The van der Waals surface area contributed by atoms with Gasteiger partial charge in [-0.1, -0.05) is 20.8 Å². The summed E-state index contributed by atoms with van der Waals surface area (Å²) in [6.07, 6.45) is 2.06. The molecule has 0 aromatic carbocycles. The van der Waals surface area contributed by atoms with Crippen molar-refractivity contribution in [1.82, 2.24) is 10.2 Å². The molecule has 0 aromatic heterocycles. The van der Waals surface area contributed by atoms with Gasteiger partial charge in [0.2, 0.25) is 11.8 Å². The monoisotopic (exact) mass is 319 g/mol. The fourth-order valence-corrected chi connectivity index (χ4v) is 2.39. The first kappa shape index (κ1) is 20.2. The van der Waals surface area contributed by atoms with Crippen LogP contribution in [0.4, 0.5) is 0 Å². The first-order chi connectivity index (χ1) is 9.32. The van der Waals surface area contributed by atoms with Crippen LogP contribution in [0, 0.1) is 17.8 Å². The Balaban J connectivity index is 0.00000400. The van der Waals surface area contributed by atoms with Crippen molar-refractivity contribution in [1.29, 1.82) is 0 Å². The molecule has 0 bridgehead atoms. The van der Waals surface area contributed by atoms with Gasteiger partial charge in [0.1, 0.15) is 0 Å². The third-order valence-electron chi connectivity index (χ3n) is 4.10. The van der Waals surface area contributed by atoms with E-state index in [1.807, 2.05) is 32.6 Å². The topological polar surface area (TPSA) is 75.4 Å². The lowest BCUT2D eigenvalue weighted by Gasteiger charge is -2.35. The van der Waals surface area contributed by atoms with Crippen LogP contribution in [0.25, 0.3) is 0 Å². The highest BCUT2D eigenvalue weighted by Gasteiger charge is 2.28. The van der Waals surface area contributed by atoms with Gasteiger partial charge in [-0.25, -0.2) is 0 Å². The van der Waals surface area contributed by atoms with Crippen molar-refractivity contribution in [3.8, 4) is 0 Å². The van der Waals surface area contributed by atoms with E-state index in [4.69, 9.17) is 5.73 Å². The number of nitrogens with zero attached hydrogens (tertiary/aromatic N) is 1. The number of amides is 2. The number of likely N-dealkylation sites (tertiary alicyclic amines) is 1. The van der Waals surface area contributed by atoms with Gasteiger partial charge in [-0.05, 0) is 25.7 Å². The first-order valence-corrected chi connectivity index (χ1v) is 7.65. The minimum atomic E-state index is -0.140. The summed E-state index contributed by atoms with van der Waals surface area (Å²) in [5, 5.41) is 2.96. The highest BCUT2D eigenvalue weighted by Crippen LogP contribution is 2.18. The number of carbonyl (C=O) groups excluding carboxylic acids is 2. The summed E-state index contributed by atoms with van der Waals surface area (Å²) in [7, 11) is 0. The van der Waals surface area contributed by atoms with Gasteiger partial charge in [0.05, 0.1) is 5.92 Å². The summed E-state index contributed by atoms with van der Waals surface area (Å²) in [6, 6.07) is -0.122. The Kier molecular flexibility index (Phi) is 8.90. The molecule has 1 fully saturated rings. The zero-order valence-electron chi connectivity index (χ0n) is 13.6. The first-order valence-electron chi connectivity index (χ1n) is 7.65. The van der Waals surface area contributed by atoms with Crippen LogP contribution >= 0.6 is 12.4 Å². The molecule has 0 radical (unpaired) electrons. The molecule has 3 atom stereocenters. The number of halogens is 1. The van der Waals surface area contributed by atoms with Gasteiger partial charge < -0.3 is 16.0 Å². The lowest BCUT2D eigenvalue weighted by atomic mass is 9.95. The zero-order valence-corrected chi connectivity index (χ0v) is 14.4. The van der Waals surface area contributed by atoms with Crippen LogP contribution in [-0.4, -0.2) is 42.4 Å². The van der Waals surface area contributed by atoms with Crippen molar-refractivity contribution < 1.29 is 9.59 Å². The lowest BCUT2D eigenvalue weighted by Crippen LogP contribution is -2.48. The highest BCUT2D eigenvalue weighted by molar-refractivity contribution is 5.85. The van der Waals surface area contributed by atoms with E-state index < -0.39 is 0 Å². The average molecular weight is 320 g/mol. The number of piperidine rings is 1. The standard InChI is InChI=1S/C15H29N3O2.ClH/c1-10(2)14(19)17-8-13-6-5-7-18(9-13)15(20)11(3)12(4)16;/h10-13H,5-9,16H2,1-4H3,(H,17,19);1H. The molecule has 1 rings (SSSR count). The van der Waals surface area contributed by atoms with Crippen molar-refractivity contribution >= 4 is 24.2 Å². The van der Waals surface area contributed by atoms with E-state index in [1.54, 1.807) is 0 Å². The molecule has 2 amide bonds. The predicted molar refractivity (Wildman–Crippen MR) is 87.2 cm³/mol. The van der Waals surface area contributed by atoms with E-state index in [2.05, 4.69) is 5.32 Å². The largest absolute Gasteiger partial charge is 0.356 e. The Labute approximate surface area is 134 Å². The summed E-state index contributed by atoms with van der Waals surface area (Å²) in [5.41, 5.74) is 5.81. The van der Waals surface area contributed by atoms with Gasteiger partial charge in [0.25, 0.3) is 0 Å². The fourth-order valence-electron chi connectivity index (χ4n) is 2.39. The fraction of sp³-hybridized carbons (Fsp3) is 0.867. The maximum absolute atomic E-state index is 12.3. The van der Waals surface area contributed by atoms with Crippen LogP contribution in [0.3, 0.4) is 0 Å². The molecule has 1 heterocycles. The third kappa shape index (κ3) is 6.22. The Morgan fingerprint density at radius 2 is 1.90 bits per heavy atom. The van der Waals surface area contributed by atoms with E-state index in [1.165, 1.54) is 0 Å². The molecule has 124 valence electrons. The van der Waals surface area contributed by atoms with Crippen LogP contribution in [0.15, 0.2) is 0 Å². The van der Waals surface area contributed by atoms with Gasteiger partial charge in [-0.3, -0.25) is 9.59 Å². The SMILES string of the molecule is CC(C)C(=O)NCC1CCCN(C(=O)C(C)C(C)N)C1.Cl. The molecule has 5 nitrogen and oxygen atoms in total. The van der Waals surface area contributed by atoms with Crippen molar-refractivity contribution in [2.75, 3.05) is 19.6 Å². The Bertz CT molecular complexity index is 348. The Morgan fingerprint density at radius 3 is 2.43 bits per heavy atom. The lowest BCUT2D eigenvalue weighted by molar-refractivity contribution is -0.137. The van der Waals surface area contributed by atoms with Crippen molar-refractivity contribution in [2.24, 2.45) is 23.5 Å². The van der Waals surface area contributed by atoms with E-state index in [0.717, 1.165) is 25.9 Å². The van der Waals surface area contributed by atoms with Crippen molar-refractivity contribution in [2.45, 2.75) is 46.6 Å². The Hall–Kier alpha value is -0.810. The number of hydrogen-bond donors (Lipinski definition) is 2. The molecule has 1 aliphatic rings. The van der Waals surface area contributed by atoms with Crippen LogP contribution in [-0.2, 0) is 9.59 Å². The summed E-state index contributed by atoms with van der Waals surface area (Å²) in [5.74, 6) is 0.446. The molecule has 0 aliphatic carbocycles. The van der Waals surface area contributed by atoms with Gasteiger partial charge >= 0.3 is 0 Å². The smallest absolute Gasteiger partial charge is 0.226 e. The Morgan fingerprint density at radius 1 is 1.29 bits per heavy atom.